The molecule has 0 spiro atoms. The van der Waals surface area contributed by atoms with Crippen LogP contribution in [0, 0.1) is 0 Å². The SMILES string of the molecule is CCCC(Nc1cc(Cl)nnc1Cl)c1cccs1. The molecule has 0 saturated heterocycles. The maximum atomic E-state index is 6.01. The molecule has 3 nitrogen and oxygen atoms in total. The first-order valence-corrected chi connectivity index (χ1v) is 7.33. The van der Waals surface area contributed by atoms with Gasteiger partial charge < -0.3 is 5.32 Å². The van der Waals surface area contributed by atoms with Crippen molar-refractivity contribution in [2.45, 2.75) is 25.8 Å². The molecule has 96 valence electrons. The summed E-state index contributed by atoms with van der Waals surface area (Å²) in [5.41, 5.74) is 0.725. The van der Waals surface area contributed by atoms with Crippen LogP contribution in [0.15, 0.2) is 23.6 Å². The summed E-state index contributed by atoms with van der Waals surface area (Å²) in [5.74, 6) is 0. The van der Waals surface area contributed by atoms with Crippen LogP contribution in [0.3, 0.4) is 0 Å². The van der Waals surface area contributed by atoms with E-state index in [1.54, 1.807) is 17.4 Å². The fraction of sp³-hybridized carbons (Fsp3) is 0.333. The Labute approximate surface area is 120 Å². The van der Waals surface area contributed by atoms with Crippen LogP contribution in [0.2, 0.25) is 10.3 Å². The number of thiophene rings is 1. The third-order valence-electron chi connectivity index (χ3n) is 2.51. The lowest BCUT2D eigenvalue weighted by molar-refractivity contribution is 0.687. The van der Waals surface area contributed by atoms with Crippen LogP contribution in [-0.2, 0) is 0 Å². The van der Waals surface area contributed by atoms with Crippen molar-refractivity contribution in [1.29, 1.82) is 0 Å². The molecule has 6 heteroatoms. The van der Waals surface area contributed by atoms with E-state index in [2.05, 4.69) is 33.9 Å². The molecule has 0 bridgehead atoms. The summed E-state index contributed by atoms with van der Waals surface area (Å²) in [5, 5.41) is 13.6. The van der Waals surface area contributed by atoms with Gasteiger partial charge in [0, 0.05) is 10.9 Å². The molecule has 0 aliphatic carbocycles. The van der Waals surface area contributed by atoms with Crippen molar-refractivity contribution < 1.29 is 0 Å². The van der Waals surface area contributed by atoms with Gasteiger partial charge in [-0.05, 0) is 17.9 Å². The Morgan fingerprint density at radius 1 is 1.39 bits per heavy atom. The number of halogens is 2. The van der Waals surface area contributed by atoms with Crippen LogP contribution >= 0.6 is 34.5 Å². The van der Waals surface area contributed by atoms with E-state index in [4.69, 9.17) is 23.2 Å². The van der Waals surface area contributed by atoms with Gasteiger partial charge in [0.2, 0.25) is 0 Å². The van der Waals surface area contributed by atoms with Crippen molar-refractivity contribution in [1.82, 2.24) is 10.2 Å². The first-order valence-electron chi connectivity index (χ1n) is 5.69. The zero-order chi connectivity index (χ0) is 13.0. The molecular formula is C12H13Cl2N3S. The van der Waals surface area contributed by atoms with Crippen LogP contribution in [0.4, 0.5) is 5.69 Å². The van der Waals surface area contributed by atoms with E-state index in [1.165, 1.54) is 4.88 Å². The number of rotatable bonds is 5. The average molecular weight is 302 g/mol. The van der Waals surface area contributed by atoms with Crippen LogP contribution in [0.25, 0.3) is 0 Å². The maximum absolute atomic E-state index is 6.01. The Hall–Kier alpha value is -0.840. The molecule has 2 aromatic heterocycles. The van der Waals surface area contributed by atoms with Crippen LogP contribution < -0.4 is 5.32 Å². The quantitative estimate of drug-likeness (QED) is 0.862. The highest BCUT2D eigenvalue weighted by molar-refractivity contribution is 7.10. The normalized spacial score (nSPS) is 12.4. The molecule has 0 aliphatic heterocycles. The molecule has 0 amide bonds. The molecule has 2 heterocycles. The smallest absolute Gasteiger partial charge is 0.174 e. The number of anilines is 1. The largest absolute Gasteiger partial charge is 0.375 e. The zero-order valence-electron chi connectivity index (χ0n) is 9.86. The number of nitrogens with one attached hydrogen (secondary N) is 1. The summed E-state index contributed by atoms with van der Waals surface area (Å²) in [7, 11) is 0. The Morgan fingerprint density at radius 2 is 2.22 bits per heavy atom. The Bertz CT molecular complexity index is 502. The Balaban J connectivity index is 2.21. The van der Waals surface area contributed by atoms with Crippen molar-refractivity contribution in [2.24, 2.45) is 0 Å². The van der Waals surface area contributed by atoms with Gasteiger partial charge in [0.1, 0.15) is 0 Å². The second-order valence-corrected chi connectivity index (χ2v) is 5.60. The fourth-order valence-electron chi connectivity index (χ4n) is 1.71. The minimum atomic E-state index is 0.229. The average Bonchev–Trinajstić information content (AvgIpc) is 2.87. The minimum Gasteiger partial charge on any atom is -0.375 e. The molecule has 0 aliphatic rings. The summed E-state index contributed by atoms with van der Waals surface area (Å²) in [6.07, 6.45) is 2.11. The van der Waals surface area contributed by atoms with Crippen LogP contribution in [0.5, 0.6) is 0 Å². The maximum Gasteiger partial charge on any atom is 0.174 e. The van der Waals surface area contributed by atoms with Crippen LogP contribution in [-0.4, -0.2) is 10.2 Å². The molecule has 0 saturated carbocycles. The van der Waals surface area contributed by atoms with Crippen molar-refractivity contribution in [3.05, 3.63) is 38.8 Å². The van der Waals surface area contributed by atoms with Gasteiger partial charge in [-0.3, -0.25) is 0 Å². The molecule has 2 rings (SSSR count). The fourth-order valence-corrected chi connectivity index (χ4v) is 2.81. The van der Waals surface area contributed by atoms with E-state index in [1.807, 2.05) is 6.07 Å². The molecule has 0 aromatic carbocycles. The number of hydrogen-bond donors (Lipinski definition) is 1. The van der Waals surface area contributed by atoms with E-state index in [-0.39, 0.29) is 6.04 Å². The molecule has 1 atom stereocenters. The summed E-state index contributed by atoms with van der Waals surface area (Å²) in [6, 6.07) is 6.09. The van der Waals surface area contributed by atoms with Gasteiger partial charge in [-0.2, -0.15) is 0 Å². The second-order valence-electron chi connectivity index (χ2n) is 3.87. The number of nitrogens with zero attached hydrogens (tertiary/aromatic N) is 2. The highest BCUT2D eigenvalue weighted by Gasteiger charge is 2.14. The van der Waals surface area contributed by atoms with E-state index in [0.29, 0.717) is 10.3 Å². The predicted molar refractivity (Wildman–Crippen MR) is 77.6 cm³/mol. The van der Waals surface area contributed by atoms with Gasteiger partial charge >= 0.3 is 0 Å². The third-order valence-corrected chi connectivity index (χ3v) is 3.96. The second kappa shape index (κ2) is 6.36. The first kappa shape index (κ1) is 13.6. The Morgan fingerprint density at radius 3 is 2.89 bits per heavy atom. The number of aromatic nitrogens is 2. The highest BCUT2D eigenvalue weighted by atomic mass is 35.5. The molecular weight excluding hydrogens is 289 g/mol. The summed E-state index contributed by atoms with van der Waals surface area (Å²) < 4.78 is 0. The Kier molecular flexibility index (Phi) is 4.80. The van der Waals surface area contributed by atoms with Crippen molar-refractivity contribution in [2.75, 3.05) is 5.32 Å². The molecule has 0 radical (unpaired) electrons. The van der Waals surface area contributed by atoms with E-state index in [9.17, 15) is 0 Å². The predicted octanol–water partition coefficient (Wildman–Crippen LogP) is 4.80. The summed E-state index contributed by atoms with van der Waals surface area (Å²) in [4.78, 5) is 1.28. The van der Waals surface area contributed by atoms with Crippen LogP contribution in [0.1, 0.15) is 30.7 Å². The molecule has 1 N–H and O–H groups in total. The van der Waals surface area contributed by atoms with E-state index >= 15 is 0 Å². The van der Waals surface area contributed by atoms with E-state index < -0.39 is 0 Å². The van der Waals surface area contributed by atoms with Gasteiger partial charge in [-0.25, -0.2) is 0 Å². The van der Waals surface area contributed by atoms with Crippen molar-refractivity contribution >= 4 is 40.2 Å². The molecule has 0 fully saturated rings. The third kappa shape index (κ3) is 3.34. The highest BCUT2D eigenvalue weighted by Crippen LogP contribution is 2.30. The van der Waals surface area contributed by atoms with Crippen molar-refractivity contribution in [3.63, 3.8) is 0 Å². The standard InChI is InChI=1S/C12H13Cl2N3S/c1-2-4-8(10-5-3-6-18-10)15-9-7-11(13)16-17-12(9)14/h3,5-8H,2,4H2,1H3,(H,15,16). The summed E-state index contributed by atoms with van der Waals surface area (Å²) in [6.45, 7) is 2.15. The lowest BCUT2D eigenvalue weighted by Crippen LogP contribution is -2.10. The zero-order valence-corrected chi connectivity index (χ0v) is 12.2. The van der Waals surface area contributed by atoms with Gasteiger partial charge in [-0.1, -0.05) is 42.6 Å². The lowest BCUT2D eigenvalue weighted by Gasteiger charge is -2.18. The van der Waals surface area contributed by atoms with Gasteiger partial charge in [0.15, 0.2) is 10.3 Å². The molecule has 18 heavy (non-hydrogen) atoms. The topological polar surface area (TPSA) is 37.8 Å². The summed E-state index contributed by atoms with van der Waals surface area (Å²) >= 11 is 13.6. The minimum absolute atomic E-state index is 0.229. The van der Waals surface area contributed by atoms with Gasteiger partial charge in [0.25, 0.3) is 0 Å². The lowest BCUT2D eigenvalue weighted by atomic mass is 10.1. The number of hydrogen-bond acceptors (Lipinski definition) is 4. The molecule has 1 unspecified atom stereocenters. The monoisotopic (exact) mass is 301 g/mol. The van der Waals surface area contributed by atoms with E-state index in [0.717, 1.165) is 18.5 Å². The molecule has 2 aromatic rings. The van der Waals surface area contributed by atoms with Crippen molar-refractivity contribution in [3.8, 4) is 0 Å². The first-order chi connectivity index (χ1) is 8.70. The van der Waals surface area contributed by atoms with Gasteiger partial charge in [0.05, 0.1) is 11.7 Å². The van der Waals surface area contributed by atoms with Gasteiger partial charge in [-0.15, -0.1) is 21.5 Å².